The molecule has 3 rings (SSSR count). The lowest BCUT2D eigenvalue weighted by Gasteiger charge is -2.37. The minimum atomic E-state index is 0.139. The fraction of sp³-hybridized carbons (Fsp3) is 0.600. The monoisotopic (exact) mass is 374 g/mol. The van der Waals surface area contributed by atoms with E-state index in [9.17, 15) is 9.59 Å². The molecule has 2 amide bonds. The fourth-order valence-electron chi connectivity index (χ4n) is 3.71. The zero-order chi connectivity index (χ0) is 19.2. The number of amides is 2. The molecule has 0 aromatic heterocycles. The topological polar surface area (TPSA) is 56.3 Å². The van der Waals surface area contributed by atoms with Crippen LogP contribution in [0.4, 0.5) is 5.69 Å². The lowest BCUT2D eigenvalue weighted by atomic mass is 10.2. The lowest BCUT2D eigenvalue weighted by Crippen LogP contribution is -2.51. The number of hydrogen-bond donors (Lipinski definition) is 0. The van der Waals surface area contributed by atoms with E-state index in [-0.39, 0.29) is 11.8 Å². The van der Waals surface area contributed by atoms with Gasteiger partial charge in [0, 0.05) is 77.9 Å². The van der Waals surface area contributed by atoms with E-state index in [0.717, 1.165) is 64.7 Å². The molecule has 2 heterocycles. The molecule has 1 aromatic carbocycles. The summed E-state index contributed by atoms with van der Waals surface area (Å²) in [5.41, 5.74) is 1.17. The third-order valence-corrected chi connectivity index (χ3v) is 5.53. The highest BCUT2D eigenvalue weighted by Gasteiger charge is 2.23. The van der Waals surface area contributed by atoms with Crippen molar-refractivity contribution in [2.24, 2.45) is 0 Å². The van der Waals surface area contributed by atoms with Crippen molar-refractivity contribution in [1.82, 2.24) is 14.7 Å². The van der Waals surface area contributed by atoms with Gasteiger partial charge in [-0.2, -0.15) is 0 Å². The van der Waals surface area contributed by atoms with Gasteiger partial charge in [0.2, 0.25) is 11.8 Å². The summed E-state index contributed by atoms with van der Waals surface area (Å²) in [4.78, 5) is 32.4. The summed E-state index contributed by atoms with van der Waals surface area (Å²) < 4.78 is 5.20. The van der Waals surface area contributed by atoms with Gasteiger partial charge < -0.3 is 19.4 Å². The van der Waals surface area contributed by atoms with Gasteiger partial charge in [-0.05, 0) is 24.3 Å². The second-order valence-electron chi connectivity index (χ2n) is 7.16. The van der Waals surface area contributed by atoms with Gasteiger partial charge in [-0.1, -0.05) is 0 Å². The van der Waals surface area contributed by atoms with Gasteiger partial charge in [-0.25, -0.2) is 0 Å². The average molecular weight is 374 g/mol. The number of hydrogen-bond acceptors (Lipinski definition) is 5. The Kier molecular flexibility index (Phi) is 6.55. The Hall–Kier alpha value is -2.28. The van der Waals surface area contributed by atoms with E-state index >= 15 is 0 Å². The molecule has 0 radical (unpaired) electrons. The van der Waals surface area contributed by atoms with Crippen LogP contribution in [0.5, 0.6) is 5.75 Å². The first kappa shape index (κ1) is 19.5. The summed E-state index contributed by atoms with van der Waals surface area (Å²) in [5.74, 6) is 1.23. The summed E-state index contributed by atoms with van der Waals surface area (Å²) in [7, 11) is 1.67. The smallest absolute Gasteiger partial charge is 0.223 e. The van der Waals surface area contributed by atoms with Gasteiger partial charge >= 0.3 is 0 Å². The summed E-state index contributed by atoms with van der Waals surface area (Å²) in [6, 6.07) is 8.07. The van der Waals surface area contributed by atoms with E-state index in [4.69, 9.17) is 4.74 Å². The zero-order valence-electron chi connectivity index (χ0n) is 16.4. The van der Waals surface area contributed by atoms with E-state index in [2.05, 4.69) is 21.9 Å². The molecule has 0 spiro atoms. The second-order valence-corrected chi connectivity index (χ2v) is 7.16. The summed E-state index contributed by atoms with van der Waals surface area (Å²) in [6.45, 7) is 8.90. The fourth-order valence-corrected chi connectivity index (χ4v) is 3.71. The van der Waals surface area contributed by atoms with Crippen molar-refractivity contribution >= 4 is 17.5 Å². The maximum absolute atomic E-state index is 12.5. The molecule has 2 aliphatic rings. The molecule has 0 bridgehead atoms. The van der Waals surface area contributed by atoms with E-state index in [1.165, 1.54) is 5.69 Å². The number of nitrogens with zero attached hydrogens (tertiary/aromatic N) is 4. The molecule has 7 heteroatoms. The van der Waals surface area contributed by atoms with Crippen LogP contribution < -0.4 is 9.64 Å². The molecular weight excluding hydrogens is 344 g/mol. The Morgan fingerprint density at radius 1 is 0.889 bits per heavy atom. The standard InChI is InChI=1S/C20H30N4O3/c1-17(25)22-11-9-21(10-12-22)8-7-20(26)24-15-13-23(14-16-24)18-3-5-19(27-2)6-4-18/h3-6H,7-16H2,1-2H3. The van der Waals surface area contributed by atoms with Gasteiger partial charge in [-0.3, -0.25) is 14.5 Å². The summed E-state index contributed by atoms with van der Waals surface area (Å²) >= 11 is 0. The SMILES string of the molecule is COc1ccc(N2CCN(C(=O)CCN3CCN(C(C)=O)CC3)CC2)cc1. The number of benzene rings is 1. The largest absolute Gasteiger partial charge is 0.497 e. The van der Waals surface area contributed by atoms with E-state index in [0.29, 0.717) is 6.42 Å². The minimum absolute atomic E-state index is 0.139. The summed E-state index contributed by atoms with van der Waals surface area (Å²) in [5, 5.41) is 0. The molecule has 0 aliphatic carbocycles. The van der Waals surface area contributed by atoms with Crippen molar-refractivity contribution in [3.05, 3.63) is 24.3 Å². The Morgan fingerprint density at radius 3 is 2.04 bits per heavy atom. The van der Waals surface area contributed by atoms with Crippen LogP contribution in [0.3, 0.4) is 0 Å². The molecule has 2 saturated heterocycles. The Labute approximate surface area is 161 Å². The van der Waals surface area contributed by atoms with Crippen molar-refractivity contribution < 1.29 is 14.3 Å². The molecule has 27 heavy (non-hydrogen) atoms. The highest BCUT2D eigenvalue weighted by atomic mass is 16.5. The van der Waals surface area contributed by atoms with Crippen molar-refractivity contribution in [1.29, 1.82) is 0 Å². The first-order valence-corrected chi connectivity index (χ1v) is 9.71. The molecule has 2 fully saturated rings. The van der Waals surface area contributed by atoms with Crippen LogP contribution >= 0.6 is 0 Å². The van der Waals surface area contributed by atoms with Crippen LogP contribution in [0, 0.1) is 0 Å². The van der Waals surface area contributed by atoms with Gasteiger partial charge in [0.25, 0.3) is 0 Å². The van der Waals surface area contributed by atoms with E-state index < -0.39 is 0 Å². The van der Waals surface area contributed by atoms with Gasteiger partial charge in [0.05, 0.1) is 7.11 Å². The highest BCUT2D eigenvalue weighted by Crippen LogP contribution is 2.20. The zero-order valence-corrected chi connectivity index (χ0v) is 16.4. The van der Waals surface area contributed by atoms with Crippen LogP contribution in [-0.2, 0) is 9.59 Å². The molecule has 7 nitrogen and oxygen atoms in total. The molecule has 0 N–H and O–H groups in total. The number of carbonyl (C=O) groups excluding carboxylic acids is 2. The van der Waals surface area contributed by atoms with Crippen LogP contribution in [0.2, 0.25) is 0 Å². The van der Waals surface area contributed by atoms with Crippen LogP contribution in [-0.4, -0.2) is 92.5 Å². The number of ether oxygens (including phenoxy) is 1. The van der Waals surface area contributed by atoms with Crippen LogP contribution in [0.25, 0.3) is 0 Å². The predicted octanol–water partition coefficient (Wildman–Crippen LogP) is 0.898. The number of piperazine rings is 2. The van der Waals surface area contributed by atoms with Gasteiger partial charge in [-0.15, -0.1) is 0 Å². The highest BCUT2D eigenvalue weighted by molar-refractivity contribution is 5.76. The Balaban J connectivity index is 1.39. The maximum atomic E-state index is 12.5. The van der Waals surface area contributed by atoms with Crippen molar-refractivity contribution in [2.45, 2.75) is 13.3 Å². The van der Waals surface area contributed by atoms with Crippen molar-refractivity contribution in [2.75, 3.05) is 70.9 Å². The minimum Gasteiger partial charge on any atom is -0.497 e. The third kappa shape index (κ3) is 5.13. The first-order chi connectivity index (χ1) is 13.1. The van der Waals surface area contributed by atoms with Gasteiger partial charge in [0.1, 0.15) is 5.75 Å². The molecule has 2 aliphatic heterocycles. The summed E-state index contributed by atoms with van der Waals surface area (Å²) in [6.07, 6.45) is 0.558. The predicted molar refractivity (Wildman–Crippen MR) is 105 cm³/mol. The molecular formula is C20H30N4O3. The lowest BCUT2D eigenvalue weighted by molar-refractivity contribution is -0.133. The van der Waals surface area contributed by atoms with Gasteiger partial charge in [0.15, 0.2) is 0 Å². The second kappa shape index (κ2) is 9.08. The third-order valence-electron chi connectivity index (χ3n) is 5.53. The van der Waals surface area contributed by atoms with Crippen molar-refractivity contribution in [3.63, 3.8) is 0 Å². The molecule has 0 unspecified atom stereocenters. The number of anilines is 1. The number of rotatable bonds is 5. The molecule has 1 aromatic rings. The first-order valence-electron chi connectivity index (χ1n) is 9.71. The van der Waals surface area contributed by atoms with E-state index in [1.54, 1.807) is 14.0 Å². The van der Waals surface area contributed by atoms with Crippen LogP contribution in [0.1, 0.15) is 13.3 Å². The molecule has 0 saturated carbocycles. The van der Waals surface area contributed by atoms with Crippen molar-refractivity contribution in [3.8, 4) is 5.75 Å². The quantitative estimate of drug-likeness (QED) is 0.766. The average Bonchev–Trinajstić information content (AvgIpc) is 2.72. The Morgan fingerprint density at radius 2 is 1.48 bits per heavy atom. The normalized spacial score (nSPS) is 18.5. The van der Waals surface area contributed by atoms with E-state index in [1.807, 2.05) is 21.9 Å². The number of methoxy groups -OCH3 is 1. The Bertz CT molecular complexity index is 633. The molecule has 0 atom stereocenters. The number of carbonyl (C=O) groups is 2. The molecule has 148 valence electrons. The van der Waals surface area contributed by atoms with Crippen LogP contribution in [0.15, 0.2) is 24.3 Å². The maximum Gasteiger partial charge on any atom is 0.223 e.